The van der Waals surface area contributed by atoms with Gasteiger partial charge in [-0.3, -0.25) is 5.01 Å². The lowest BCUT2D eigenvalue weighted by molar-refractivity contribution is 0.567. The Balaban J connectivity index is 3.12. The van der Waals surface area contributed by atoms with Gasteiger partial charge in [0.2, 0.25) is 0 Å². The van der Waals surface area contributed by atoms with Gasteiger partial charge in [0.15, 0.2) is 0 Å². The standard InChI is InChI=1S/C10H12F2N2/c1-4-13-14(3)8-5-9(11)7(2)10(12)6-8/h4-6H,1-3H3/b13-4-. The summed E-state index contributed by atoms with van der Waals surface area (Å²) < 4.78 is 26.2. The Kier molecular flexibility index (Phi) is 3.17. The Morgan fingerprint density at radius 2 is 1.79 bits per heavy atom. The molecule has 1 rings (SSSR count). The van der Waals surface area contributed by atoms with Crippen molar-refractivity contribution in [1.29, 1.82) is 0 Å². The van der Waals surface area contributed by atoms with Gasteiger partial charge in [-0.15, -0.1) is 0 Å². The number of hydrogen-bond donors (Lipinski definition) is 0. The van der Waals surface area contributed by atoms with Gasteiger partial charge in [0, 0.05) is 18.8 Å². The minimum atomic E-state index is -0.557. The van der Waals surface area contributed by atoms with Gasteiger partial charge in [0.25, 0.3) is 0 Å². The number of hydrogen-bond acceptors (Lipinski definition) is 2. The fraction of sp³-hybridized carbons (Fsp3) is 0.300. The van der Waals surface area contributed by atoms with E-state index < -0.39 is 11.6 Å². The molecule has 0 bridgehead atoms. The summed E-state index contributed by atoms with van der Waals surface area (Å²) in [6, 6.07) is 2.51. The molecule has 2 nitrogen and oxygen atoms in total. The minimum Gasteiger partial charge on any atom is -0.269 e. The van der Waals surface area contributed by atoms with E-state index in [2.05, 4.69) is 5.10 Å². The zero-order chi connectivity index (χ0) is 10.7. The van der Waals surface area contributed by atoms with Gasteiger partial charge in [0.1, 0.15) is 11.6 Å². The average molecular weight is 198 g/mol. The lowest BCUT2D eigenvalue weighted by Crippen LogP contribution is -2.09. The maximum absolute atomic E-state index is 13.1. The van der Waals surface area contributed by atoms with Crippen molar-refractivity contribution in [3.05, 3.63) is 29.3 Å². The van der Waals surface area contributed by atoms with Crippen molar-refractivity contribution in [3.8, 4) is 0 Å². The van der Waals surface area contributed by atoms with Crippen LogP contribution in [0.5, 0.6) is 0 Å². The summed E-state index contributed by atoms with van der Waals surface area (Å²) in [5.41, 5.74) is 0.423. The molecule has 1 aromatic rings. The predicted octanol–water partition coefficient (Wildman–Crippen LogP) is 2.72. The molecule has 0 aromatic heterocycles. The first-order valence-electron chi connectivity index (χ1n) is 4.24. The van der Waals surface area contributed by atoms with Crippen LogP contribution in [0.15, 0.2) is 17.2 Å². The summed E-state index contributed by atoms with van der Waals surface area (Å²) >= 11 is 0. The average Bonchev–Trinajstić information content (AvgIpc) is 2.13. The first kappa shape index (κ1) is 10.6. The maximum atomic E-state index is 13.1. The number of hydrazone groups is 1. The SMILES string of the molecule is C/C=N\N(C)c1cc(F)c(C)c(F)c1. The van der Waals surface area contributed by atoms with E-state index >= 15 is 0 Å². The van der Waals surface area contributed by atoms with Gasteiger partial charge in [-0.2, -0.15) is 5.10 Å². The maximum Gasteiger partial charge on any atom is 0.131 e. The predicted molar refractivity (Wildman–Crippen MR) is 53.7 cm³/mol. The highest BCUT2D eigenvalue weighted by Crippen LogP contribution is 2.20. The molecule has 0 fully saturated rings. The Bertz CT molecular complexity index is 338. The van der Waals surface area contributed by atoms with Crippen molar-refractivity contribution < 1.29 is 8.78 Å². The largest absolute Gasteiger partial charge is 0.269 e. The van der Waals surface area contributed by atoms with Crippen molar-refractivity contribution in [1.82, 2.24) is 0 Å². The Labute approximate surface area is 81.8 Å². The van der Waals surface area contributed by atoms with Crippen molar-refractivity contribution in [2.45, 2.75) is 13.8 Å². The zero-order valence-corrected chi connectivity index (χ0v) is 8.38. The van der Waals surface area contributed by atoms with Gasteiger partial charge in [-0.1, -0.05) is 0 Å². The minimum absolute atomic E-state index is 0.0302. The third-order valence-electron chi connectivity index (χ3n) is 1.93. The first-order chi connectivity index (χ1) is 6.56. The van der Waals surface area contributed by atoms with E-state index in [1.54, 1.807) is 20.2 Å². The van der Waals surface area contributed by atoms with Crippen LogP contribution in [0.2, 0.25) is 0 Å². The van der Waals surface area contributed by atoms with E-state index in [4.69, 9.17) is 0 Å². The first-order valence-corrected chi connectivity index (χ1v) is 4.24. The van der Waals surface area contributed by atoms with Crippen LogP contribution in [0.3, 0.4) is 0 Å². The molecule has 0 amide bonds. The second-order valence-corrected chi connectivity index (χ2v) is 2.93. The van der Waals surface area contributed by atoms with E-state index in [0.29, 0.717) is 5.69 Å². The second kappa shape index (κ2) is 4.17. The quantitative estimate of drug-likeness (QED) is 0.527. The van der Waals surface area contributed by atoms with E-state index in [1.807, 2.05) is 0 Å². The summed E-state index contributed by atoms with van der Waals surface area (Å²) in [6.45, 7) is 3.13. The monoisotopic (exact) mass is 198 g/mol. The summed E-state index contributed by atoms with van der Waals surface area (Å²) in [7, 11) is 1.63. The smallest absolute Gasteiger partial charge is 0.131 e. The molecule has 4 heteroatoms. The molecule has 0 aliphatic carbocycles. The Morgan fingerprint density at radius 1 is 1.29 bits per heavy atom. The molecule has 76 valence electrons. The topological polar surface area (TPSA) is 15.6 Å². The van der Waals surface area contributed by atoms with Crippen molar-refractivity contribution >= 4 is 11.9 Å². The molecular weight excluding hydrogens is 186 g/mol. The van der Waals surface area contributed by atoms with Crippen LogP contribution >= 0.6 is 0 Å². The highest BCUT2D eigenvalue weighted by Gasteiger charge is 2.08. The molecule has 1 aromatic carbocycles. The van der Waals surface area contributed by atoms with Crippen molar-refractivity contribution in [3.63, 3.8) is 0 Å². The van der Waals surface area contributed by atoms with E-state index in [-0.39, 0.29) is 5.56 Å². The highest BCUT2D eigenvalue weighted by atomic mass is 19.1. The lowest BCUT2D eigenvalue weighted by atomic mass is 10.2. The molecule has 0 spiro atoms. The van der Waals surface area contributed by atoms with E-state index in [1.165, 1.54) is 24.1 Å². The molecular formula is C10H12F2N2. The highest BCUT2D eigenvalue weighted by molar-refractivity contribution is 5.57. The summed E-state index contributed by atoms with van der Waals surface area (Å²) in [5, 5.41) is 5.29. The molecule has 0 unspecified atom stereocenters. The van der Waals surface area contributed by atoms with Gasteiger partial charge >= 0.3 is 0 Å². The van der Waals surface area contributed by atoms with Crippen molar-refractivity contribution in [2.24, 2.45) is 5.10 Å². The van der Waals surface area contributed by atoms with Crippen LogP contribution in [-0.2, 0) is 0 Å². The normalized spacial score (nSPS) is 10.9. The molecule has 0 saturated heterocycles. The zero-order valence-electron chi connectivity index (χ0n) is 8.38. The Hall–Kier alpha value is -1.45. The molecule has 0 N–H and O–H groups in total. The number of benzene rings is 1. The third kappa shape index (κ3) is 2.07. The van der Waals surface area contributed by atoms with Crippen LogP contribution < -0.4 is 5.01 Å². The van der Waals surface area contributed by atoms with Crippen LogP contribution in [-0.4, -0.2) is 13.3 Å². The molecule has 0 aliphatic rings. The number of anilines is 1. The van der Waals surface area contributed by atoms with Gasteiger partial charge in [-0.05, 0) is 26.0 Å². The van der Waals surface area contributed by atoms with E-state index in [9.17, 15) is 8.78 Å². The fourth-order valence-corrected chi connectivity index (χ4v) is 1.06. The summed E-state index contributed by atoms with van der Waals surface area (Å²) in [5.74, 6) is -1.11. The number of nitrogens with zero attached hydrogens (tertiary/aromatic N) is 2. The molecule has 0 heterocycles. The van der Waals surface area contributed by atoms with E-state index in [0.717, 1.165) is 0 Å². The molecule has 0 radical (unpaired) electrons. The summed E-state index contributed by atoms with van der Waals surface area (Å²) in [6.07, 6.45) is 1.55. The van der Waals surface area contributed by atoms with Gasteiger partial charge in [-0.25, -0.2) is 8.78 Å². The van der Waals surface area contributed by atoms with Gasteiger partial charge < -0.3 is 0 Å². The fourth-order valence-electron chi connectivity index (χ4n) is 1.06. The van der Waals surface area contributed by atoms with Crippen LogP contribution in [0.1, 0.15) is 12.5 Å². The number of rotatable bonds is 2. The lowest BCUT2D eigenvalue weighted by Gasteiger charge is -2.13. The summed E-state index contributed by atoms with van der Waals surface area (Å²) in [4.78, 5) is 0. The molecule has 0 atom stereocenters. The van der Waals surface area contributed by atoms with Crippen molar-refractivity contribution in [2.75, 3.05) is 12.1 Å². The van der Waals surface area contributed by atoms with Crippen LogP contribution in [0.25, 0.3) is 0 Å². The molecule has 0 saturated carbocycles. The molecule has 14 heavy (non-hydrogen) atoms. The van der Waals surface area contributed by atoms with Gasteiger partial charge in [0.05, 0.1) is 5.69 Å². The number of halogens is 2. The van der Waals surface area contributed by atoms with Crippen LogP contribution in [0, 0.1) is 18.6 Å². The Morgan fingerprint density at radius 3 is 2.21 bits per heavy atom. The molecule has 0 aliphatic heterocycles. The third-order valence-corrected chi connectivity index (χ3v) is 1.93. The second-order valence-electron chi connectivity index (χ2n) is 2.93. The van der Waals surface area contributed by atoms with Crippen LogP contribution in [0.4, 0.5) is 14.5 Å².